The van der Waals surface area contributed by atoms with E-state index in [-0.39, 0.29) is 11.3 Å². The van der Waals surface area contributed by atoms with Gasteiger partial charge in [-0.2, -0.15) is 0 Å². The minimum atomic E-state index is -1.03. The number of ether oxygens (including phenoxy) is 1. The van der Waals surface area contributed by atoms with E-state index in [0.717, 1.165) is 12.8 Å². The summed E-state index contributed by atoms with van der Waals surface area (Å²) < 4.78 is 5.50. The third-order valence-electron chi connectivity index (χ3n) is 2.58. The Morgan fingerprint density at radius 3 is 2.78 bits per heavy atom. The molecular formula is C14H17NO3. The summed E-state index contributed by atoms with van der Waals surface area (Å²) in [6.07, 6.45) is 4.40. The second kappa shape index (κ2) is 7.33. The maximum absolute atomic E-state index is 10.8. The van der Waals surface area contributed by atoms with E-state index in [1.807, 2.05) is 0 Å². The first-order valence-electron chi connectivity index (χ1n) is 6.06. The van der Waals surface area contributed by atoms with Crippen molar-refractivity contribution < 1.29 is 14.6 Å². The normalized spacial score (nSPS) is 9.78. The molecule has 0 aliphatic carbocycles. The zero-order valence-corrected chi connectivity index (χ0v) is 10.5. The van der Waals surface area contributed by atoms with Crippen LogP contribution in [0.2, 0.25) is 0 Å². The molecule has 4 heteroatoms. The maximum Gasteiger partial charge on any atom is 0.334 e. The van der Waals surface area contributed by atoms with E-state index < -0.39 is 5.97 Å². The first kappa shape index (κ1) is 14.0. The molecule has 0 saturated carbocycles. The zero-order valence-electron chi connectivity index (χ0n) is 10.5. The molecule has 0 radical (unpaired) electrons. The largest absolute Gasteiger partial charge is 0.505 e. The average molecular weight is 247 g/mol. The van der Waals surface area contributed by atoms with Crippen LogP contribution in [-0.4, -0.2) is 17.7 Å². The van der Waals surface area contributed by atoms with Gasteiger partial charge in [-0.15, -0.1) is 0 Å². The van der Waals surface area contributed by atoms with Crippen LogP contribution < -0.4 is 4.74 Å². The summed E-state index contributed by atoms with van der Waals surface area (Å²) in [6, 6.07) is 4.35. The van der Waals surface area contributed by atoms with Crippen LogP contribution in [0.3, 0.4) is 0 Å². The van der Waals surface area contributed by atoms with Crippen LogP contribution in [-0.2, 0) is 0 Å². The fourth-order valence-electron chi connectivity index (χ4n) is 1.57. The Balaban J connectivity index is 2.61. The van der Waals surface area contributed by atoms with Crippen LogP contribution in [0.4, 0.5) is 5.69 Å². The van der Waals surface area contributed by atoms with Crippen molar-refractivity contribution in [1.29, 1.82) is 0 Å². The Morgan fingerprint density at radius 2 is 2.17 bits per heavy atom. The minimum absolute atomic E-state index is 0.110. The highest BCUT2D eigenvalue weighted by Gasteiger charge is 2.09. The van der Waals surface area contributed by atoms with Gasteiger partial charge in [0.15, 0.2) is 0 Å². The SMILES string of the molecule is [C-]#[N+]c1cc(C(=O)O)ccc1OCCCCCC. The molecule has 0 heterocycles. The number of rotatable bonds is 7. The van der Waals surface area contributed by atoms with Crippen molar-refractivity contribution in [2.24, 2.45) is 0 Å². The maximum atomic E-state index is 10.8. The molecule has 0 unspecified atom stereocenters. The molecule has 1 aromatic carbocycles. The topological polar surface area (TPSA) is 50.9 Å². The third-order valence-corrected chi connectivity index (χ3v) is 2.58. The number of nitrogens with zero attached hydrogens (tertiary/aromatic N) is 1. The van der Waals surface area contributed by atoms with Gasteiger partial charge in [0.25, 0.3) is 0 Å². The summed E-state index contributed by atoms with van der Waals surface area (Å²) in [5, 5.41) is 8.83. The molecule has 0 saturated heterocycles. The first-order chi connectivity index (χ1) is 8.69. The predicted octanol–water partition coefficient (Wildman–Crippen LogP) is 3.89. The average Bonchev–Trinajstić information content (AvgIpc) is 2.38. The Labute approximate surface area is 107 Å². The van der Waals surface area contributed by atoms with Crippen molar-refractivity contribution >= 4 is 11.7 Å². The van der Waals surface area contributed by atoms with Crippen molar-refractivity contribution in [1.82, 2.24) is 0 Å². The standard InChI is InChI=1S/C14H17NO3/c1-3-4-5-6-9-18-13-8-7-11(14(16)17)10-12(13)15-2/h7-8,10H,3-6,9H2,1H3,(H,16,17). The molecule has 4 nitrogen and oxygen atoms in total. The summed E-state index contributed by atoms with van der Waals surface area (Å²) in [6.45, 7) is 9.73. The number of hydrogen-bond acceptors (Lipinski definition) is 2. The Kier molecular flexibility index (Phi) is 5.72. The van der Waals surface area contributed by atoms with E-state index in [4.69, 9.17) is 16.4 Å². The molecule has 1 N–H and O–H groups in total. The summed E-state index contributed by atoms with van der Waals surface area (Å²) in [7, 11) is 0. The number of unbranched alkanes of at least 4 members (excludes halogenated alkanes) is 3. The Morgan fingerprint density at radius 1 is 1.39 bits per heavy atom. The van der Waals surface area contributed by atoms with Crippen LogP contribution in [0.5, 0.6) is 5.75 Å². The van der Waals surface area contributed by atoms with E-state index >= 15 is 0 Å². The second-order valence-corrected chi connectivity index (χ2v) is 4.01. The minimum Gasteiger partial charge on any atom is -0.505 e. The Hall–Kier alpha value is -2.02. The highest BCUT2D eigenvalue weighted by molar-refractivity contribution is 5.89. The second-order valence-electron chi connectivity index (χ2n) is 4.01. The molecule has 0 atom stereocenters. The van der Waals surface area contributed by atoms with Crippen LogP contribution in [0.25, 0.3) is 4.85 Å². The number of hydrogen-bond donors (Lipinski definition) is 1. The van der Waals surface area contributed by atoms with Gasteiger partial charge in [0, 0.05) is 5.56 Å². The molecule has 0 amide bonds. The van der Waals surface area contributed by atoms with Gasteiger partial charge >= 0.3 is 5.97 Å². The smallest absolute Gasteiger partial charge is 0.334 e. The monoisotopic (exact) mass is 247 g/mol. The molecule has 0 spiro atoms. The molecule has 96 valence electrons. The van der Waals surface area contributed by atoms with E-state index in [1.54, 1.807) is 6.07 Å². The van der Waals surface area contributed by atoms with Gasteiger partial charge in [-0.1, -0.05) is 26.2 Å². The summed E-state index contributed by atoms with van der Waals surface area (Å²) in [5.41, 5.74) is 0.365. The fourth-order valence-corrected chi connectivity index (χ4v) is 1.57. The van der Waals surface area contributed by atoms with Crippen molar-refractivity contribution in [2.45, 2.75) is 32.6 Å². The molecule has 1 rings (SSSR count). The van der Waals surface area contributed by atoms with Crippen molar-refractivity contribution in [2.75, 3.05) is 6.61 Å². The molecule has 18 heavy (non-hydrogen) atoms. The van der Waals surface area contributed by atoms with Crippen LogP contribution in [0, 0.1) is 6.57 Å². The fraction of sp³-hybridized carbons (Fsp3) is 0.429. The molecule has 0 bridgehead atoms. The van der Waals surface area contributed by atoms with Gasteiger partial charge in [0.1, 0.15) is 5.75 Å². The lowest BCUT2D eigenvalue weighted by molar-refractivity contribution is 0.0697. The van der Waals surface area contributed by atoms with E-state index in [1.165, 1.54) is 25.0 Å². The van der Waals surface area contributed by atoms with Crippen molar-refractivity contribution in [3.05, 3.63) is 35.2 Å². The van der Waals surface area contributed by atoms with E-state index in [0.29, 0.717) is 12.4 Å². The first-order valence-corrected chi connectivity index (χ1v) is 6.06. The Bertz CT molecular complexity index is 449. The van der Waals surface area contributed by atoms with Gasteiger partial charge in [-0.05, 0) is 24.6 Å². The zero-order chi connectivity index (χ0) is 13.4. The van der Waals surface area contributed by atoms with Gasteiger partial charge in [-0.25, -0.2) is 9.64 Å². The van der Waals surface area contributed by atoms with Crippen LogP contribution in [0.15, 0.2) is 18.2 Å². The summed E-state index contributed by atoms with van der Waals surface area (Å²) in [5.74, 6) is -0.569. The van der Waals surface area contributed by atoms with Crippen LogP contribution in [0.1, 0.15) is 43.0 Å². The predicted molar refractivity (Wildman–Crippen MR) is 69.3 cm³/mol. The number of aromatic carboxylic acids is 1. The lowest BCUT2D eigenvalue weighted by Gasteiger charge is -2.08. The van der Waals surface area contributed by atoms with E-state index in [2.05, 4.69) is 11.8 Å². The van der Waals surface area contributed by atoms with Crippen molar-refractivity contribution in [3.8, 4) is 5.75 Å². The van der Waals surface area contributed by atoms with Gasteiger partial charge < -0.3 is 9.84 Å². The molecule has 0 aromatic heterocycles. The lowest BCUT2D eigenvalue weighted by atomic mass is 10.2. The molecular weight excluding hydrogens is 230 g/mol. The molecule has 1 aromatic rings. The van der Waals surface area contributed by atoms with Crippen LogP contribution >= 0.6 is 0 Å². The quantitative estimate of drug-likeness (QED) is 0.587. The van der Waals surface area contributed by atoms with Gasteiger partial charge in [0.05, 0.1) is 13.2 Å². The summed E-state index contributed by atoms with van der Waals surface area (Å²) in [4.78, 5) is 14.1. The molecule has 0 fully saturated rings. The number of carbonyl (C=O) groups is 1. The van der Waals surface area contributed by atoms with E-state index in [9.17, 15) is 4.79 Å². The lowest BCUT2D eigenvalue weighted by Crippen LogP contribution is -1.99. The van der Waals surface area contributed by atoms with Gasteiger partial charge in [-0.3, -0.25) is 0 Å². The highest BCUT2D eigenvalue weighted by Crippen LogP contribution is 2.29. The molecule has 0 aliphatic rings. The summed E-state index contributed by atoms with van der Waals surface area (Å²) >= 11 is 0. The number of benzene rings is 1. The van der Waals surface area contributed by atoms with Crippen molar-refractivity contribution in [3.63, 3.8) is 0 Å². The number of carboxylic acid groups (broad SMARTS) is 1. The molecule has 0 aliphatic heterocycles. The third kappa shape index (κ3) is 4.10. The van der Waals surface area contributed by atoms with Gasteiger partial charge in [0.2, 0.25) is 5.69 Å². The highest BCUT2D eigenvalue weighted by atomic mass is 16.5. The number of carboxylic acids is 1.